The van der Waals surface area contributed by atoms with Gasteiger partial charge in [0.2, 0.25) is 0 Å². The number of benzene rings is 2. The van der Waals surface area contributed by atoms with E-state index in [0.29, 0.717) is 37.8 Å². The first-order valence-corrected chi connectivity index (χ1v) is 10.6. The van der Waals surface area contributed by atoms with Crippen molar-refractivity contribution in [2.24, 2.45) is 12.0 Å². The zero-order valence-electron chi connectivity index (χ0n) is 18.2. The van der Waals surface area contributed by atoms with Crippen molar-refractivity contribution in [3.63, 3.8) is 0 Å². The van der Waals surface area contributed by atoms with Gasteiger partial charge in [0.15, 0.2) is 11.8 Å². The van der Waals surface area contributed by atoms with Crippen LogP contribution in [0.1, 0.15) is 23.6 Å². The van der Waals surface area contributed by atoms with E-state index in [0.717, 1.165) is 29.7 Å². The fourth-order valence-electron chi connectivity index (χ4n) is 3.70. The minimum Gasteiger partial charge on any atom is -0.367 e. The maximum atomic E-state index is 14.2. The van der Waals surface area contributed by atoms with Gasteiger partial charge >= 0.3 is 0 Å². The summed E-state index contributed by atoms with van der Waals surface area (Å²) in [4.78, 5) is 6.65. The average Bonchev–Trinajstić information content (AvgIpc) is 3.37. The molecule has 2 heterocycles. The Morgan fingerprint density at radius 1 is 1.16 bits per heavy atom. The molecule has 1 aromatic heterocycles. The summed E-state index contributed by atoms with van der Waals surface area (Å²) in [6, 6.07) is 13.8. The van der Waals surface area contributed by atoms with Crippen LogP contribution in [0.15, 0.2) is 53.5 Å². The molecule has 9 heteroatoms. The number of guanidine groups is 1. The summed E-state index contributed by atoms with van der Waals surface area (Å²) in [5.41, 5.74) is 1.52. The Hall–Kier alpha value is -3.49. The molecule has 1 unspecified atom stereocenters. The van der Waals surface area contributed by atoms with E-state index in [4.69, 9.17) is 4.99 Å². The standard InChI is InChI=1S/C23H27F2N7/c1-16-29-30-22(31(16)2)14-27-23(26-13-17-6-4-3-5-7-17)28-19-10-11-32(15-19)21-9-8-18(24)12-20(21)25/h3-9,12,19H,10-11,13-15H2,1-2H3,(H2,26,27,28). The number of aliphatic imine (C=N–C) groups is 1. The third-order valence-corrected chi connectivity index (χ3v) is 5.64. The van der Waals surface area contributed by atoms with Crippen LogP contribution in [-0.4, -0.2) is 39.9 Å². The third-order valence-electron chi connectivity index (χ3n) is 5.64. The number of aromatic nitrogens is 3. The predicted octanol–water partition coefficient (Wildman–Crippen LogP) is 2.92. The van der Waals surface area contributed by atoms with E-state index >= 15 is 0 Å². The first kappa shape index (κ1) is 21.7. The number of halogens is 2. The topological polar surface area (TPSA) is 70.4 Å². The quantitative estimate of drug-likeness (QED) is 0.457. The van der Waals surface area contributed by atoms with Crippen LogP contribution in [-0.2, 0) is 20.1 Å². The number of hydrogen-bond donors (Lipinski definition) is 2. The highest BCUT2D eigenvalue weighted by Gasteiger charge is 2.25. The first-order chi connectivity index (χ1) is 15.5. The van der Waals surface area contributed by atoms with E-state index in [2.05, 4.69) is 20.8 Å². The lowest BCUT2D eigenvalue weighted by Gasteiger charge is -2.21. The van der Waals surface area contributed by atoms with Gasteiger partial charge in [0.25, 0.3) is 0 Å². The van der Waals surface area contributed by atoms with Crippen molar-refractivity contribution in [3.05, 3.63) is 77.4 Å². The largest absolute Gasteiger partial charge is 0.367 e. The van der Waals surface area contributed by atoms with E-state index in [1.807, 2.05) is 53.8 Å². The summed E-state index contributed by atoms with van der Waals surface area (Å²) < 4.78 is 29.4. The van der Waals surface area contributed by atoms with Crippen LogP contribution in [0.4, 0.5) is 14.5 Å². The molecule has 1 aliphatic heterocycles. The lowest BCUT2D eigenvalue weighted by atomic mass is 10.2. The van der Waals surface area contributed by atoms with Crippen LogP contribution in [0.25, 0.3) is 0 Å². The number of rotatable bonds is 6. The molecule has 0 aliphatic carbocycles. The zero-order chi connectivity index (χ0) is 22.5. The Kier molecular flexibility index (Phi) is 6.63. The van der Waals surface area contributed by atoms with E-state index in [1.165, 1.54) is 12.1 Å². The lowest BCUT2D eigenvalue weighted by Crippen LogP contribution is -2.44. The molecular weight excluding hydrogens is 412 g/mol. The molecule has 0 spiro atoms. The van der Waals surface area contributed by atoms with E-state index in [9.17, 15) is 8.78 Å². The van der Waals surface area contributed by atoms with Crippen LogP contribution in [0.2, 0.25) is 0 Å². The van der Waals surface area contributed by atoms with Gasteiger partial charge in [-0.25, -0.2) is 13.8 Å². The van der Waals surface area contributed by atoms with Gasteiger partial charge in [-0.2, -0.15) is 0 Å². The molecule has 4 rings (SSSR count). The maximum absolute atomic E-state index is 14.2. The second-order valence-corrected chi connectivity index (χ2v) is 7.90. The summed E-state index contributed by atoms with van der Waals surface area (Å²) in [6.45, 7) is 4.17. The second-order valence-electron chi connectivity index (χ2n) is 7.90. The molecule has 3 aromatic rings. The number of nitrogens with zero attached hydrogens (tertiary/aromatic N) is 5. The molecule has 0 saturated carbocycles. The monoisotopic (exact) mass is 439 g/mol. The molecular formula is C23H27F2N7. The van der Waals surface area contributed by atoms with E-state index in [-0.39, 0.29) is 6.04 Å². The van der Waals surface area contributed by atoms with Crippen molar-refractivity contribution in [2.75, 3.05) is 18.0 Å². The molecule has 168 valence electrons. The Labute approximate surface area is 186 Å². The van der Waals surface area contributed by atoms with Gasteiger partial charge in [-0.15, -0.1) is 10.2 Å². The van der Waals surface area contributed by atoms with E-state index < -0.39 is 11.6 Å². The lowest BCUT2D eigenvalue weighted by molar-refractivity contribution is 0.580. The van der Waals surface area contributed by atoms with Gasteiger partial charge < -0.3 is 20.1 Å². The van der Waals surface area contributed by atoms with Crippen molar-refractivity contribution in [1.82, 2.24) is 25.4 Å². The Bertz CT molecular complexity index is 1080. The highest BCUT2D eigenvalue weighted by atomic mass is 19.1. The van der Waals surface area contributed by atoms with Crippen LogP contribution in [0.3, 0.4) is 0 Å². The summed E-state index contributed by atoms with van der Waals surface area (Å²) >= 11 is 0. The van der Waals surface area contributed by atoms with Crippen LogP contribution in [0.5, 0.6) is 0 Å². The summed E-state index contributed by atoms with van der Waals surface area (Å²) in [7, 11) is 1.92. The second kappa shape index (κ2) is 9.76. The molecule has 1 saturated heterocycles. The van der Waals surface area contributed by atoms with Gasteiger partial charge in [-0.3, -0.25) is 0 Å². The van der Waals surface area contributed by atoms with Crippen molar-refractivity contribution in [1.29, 1.82) is 0 Å². The van der Waals surface area contributed by atoms with Crippen LogP contribution < -0.4 is 15.5 Å². The maximum Gasteiger partial charge on any atom is 0.192 e. The molecule has 1 aliphatic rings. The Morgan fingerprint density at radius 2 is 1.97 bits per heavy atom. The summed E-state index contributed by atoms with van der Waals surface area (Å²) in [6.07, 6.45) is 0.811. The third kappa shape index (κ3) is 5.22. The smallest absolute Gasteiger partial charge is 0.192 e. The zero-order valence-corrected chi connectivity index (χ0v) is 18.2. The fourth-order valence-corrected chi connectivity index (χ4v) is 3.70. The molecule has 1 fully saturated rings. The highest BCUT2D eigenvalue weighted by molar-refractivity contribution is 5.80. The van der Waals surface area contributed by atoms with Crippen molar-refractivity contribution < 1.29 is 8.78 Å². The first-order valence-electron chi connectivity index (χ1n) is 10.6. The SMILES string of the molecule is Cc1nnc(CNC(=NCc2ccccc2)NC2CCN(c3ccc(F)cc3F)C2)n1C. The normalized spacial score (nSPS) is 16.4. The van der Waals surface area contributed by atoms with Crippen LogP contribution in [0, 0.1) is 18.6 Å². The highest BCUT2D eigenvalue weighted by Crippen LogP contribution is 2.24. The molecule has 2 N–H and O–H groups in total. The van der Waals surface area contributed by atoms with Gasteiger partial charge in [0.1, 0.15) is 17.5 Å². The van der Waals surface area contributed by atoms with Gasteiger partial charge in [0, 0.05) is 32.2 Å². The minimum atomic E-state index is -0.571. The summed E-state index contributed by atoms with van der Waals surface area (Å²) in [5.74, 6) is 1.18. The molecule has 7 nitrogen and oxygen atoms in total. The van der Waals surface area contributed by atoms with Gasteiger partial charge in [-0.1, -0.05) is 30.3 Å². The van der Waals surface area contributed by atoms with Gasteiger partial charge in [0.05, 0.1) is 18.8 Å². The predicted molar refractivity (Wildman–Crippen MR) is 120 cm³/mol. The van der Waals surface area contributed by atoms with Crippen LogP contribution >= 0.6 is 0 Å². The van der Waals surface area contributed by atoms with E-state index in [1.54, 1.807) is 0 Å². The minimum absolute atomic E-state index is 0.0720. The number of anilines is 1. The Balaban J connectivity index is 1.44. The number of hydrogen-bond acceptors (Lipinski definition) is 4. The molecule has 1 atom stereocenters. The molecule has 32 heavy (non-hydrogen) atoms. The average molecular weight is 440 g/mol. The fraction of sp³-hybridized carbons (Fsp3) is 0.348. The number of nitrogens with one attached hydrogen (secondary N) is 2. The molecule has 0 amide bonds. The molecule has 2 aromatic carbocycles. The summed E-state index contributed by atoms with van der Waals surface area (Å²) in [5, 5.41) is 15.1. The number of aryl methyl sites for hydroxylation is 1. The van der Waals surface area contributed by atoms with Gasteiger partial charge in [-0.05, 0) is 31.0 Å². The Morgan fingerprint density at radius 3 is 2.69 bits per heavy atom. The molecule has 0 radical (unpaired) electrons. The molecule has 0 bridgehead atoms. The van der Waals surface area contributed by atoms with Crippen molar-refractivity contribution >= 4 is 11.6 Å². The van der Waals surface area contributed by atoms with Crippen molar-refractivity contribution in [3.8, 4) is 0 Å². The van der Waals surface area contributed by atoms with Crippen molar-refractivity contribution in [2.45, 2.75) is 32.5 Å².